The summed E-state index contributed by atoms with van der Waals surface area (Å²) in [6.45, 7) is 4.40. The molecule has 0 saturated carbocycles. The highest BCUT2D eigenvalue weighted by Gasteiger charge is 2.52. The Morgan fingerprint density at radius 2 is 2.04 bits per heavy atom. The molecule has 0 unspecified atom stereocenters. The molecule has 0 spiro atoms. The third-order valence-corrected chi connectivity index (χ3v) is 5.14. The lowest BCUT2D eigenvalue weighted by Gasteiger charge is -2.51. The summed E-state index contributed by atoms with van der Waals surface area (Å²) >= 11 is 0. The van der Waals surface area contributed by atoms with Gasteiger partial charge in [0.2, 0.25) is 0 Å². The van der Waals surface area contributed by atoms with Crippen LogP contribution >= 0.6 is 0 Å². The number of urea groups is 1. The quantitative estimate of drug-likeness (QED) is 0.854. The second-order valence-corrected chi connectivity index (χ2v) is 6.95. The van der Waals surface area contributed by atoms with E-state index in [9.17, 15) is 15.2 Å². The number of carbonyl (C=O) groups is 1. The van der Waals surface area contributed by atoms with Gasteiger partial charge in [-0.25, -0.2) is 4.79 Å². The highest BCUT2D eigenvalue weighted by Crippen LogP contribution is 2.44. The van der Waals surface area contributed by atoms with E-state index in [0.717, 1.165) is 28.7 Å². The zero-order valence-electron chi connectivity index (χ0n) is 15.7. The van der Waals surface area contributed by atoms with Crippen LogP contribution in [-0.2, 0) is 0 Å². The van der Waals surface area contributed by atoms with Gasteiger partial charge in [0.1, 0.15) is 6.04 Å². The van der Waals surface area contributed by atoms with Crippen molar-refractivity contribution in [2.75, 3.05) is 13.2 Å². The van der Waals surface area contributed by atoms with Crippen molar-refractivity contribution in [3.63, 3.8) is 0 Å². The molecule has 2 N–H and O–H groups in total. The Balaban J connectivity index is 1.97. The van der Waals surface area contributed by atoms with E-state index in [0.29, 0.717) is 6.54 Å². The Bertz CT molecular complexity index is 859. The molecular formula is C22H25N3O2. The topological polar surface area (TPSA) is 76.4 Å². The molecule has 1 heterocycles. The number of nitrogens with zero attached hydrogens (tertiary/aromatic N) is 2. The number of hydrogen-bond donors (Lipinski definition) is 2. The molecule has 1 saturated heterocycles. The van der Waals surface area contributed by atoms with Crippen molar-refractivity contribution in [1.29, 1.82) is 5.26 Å². The molecule has 1 aliphatic rings. The number of amides is 2. The number of nitrogens with one attached hydrogen (secondary N) is 1. The van der Waals surface area contributed by atoms with Crippen LogP contribution in [0.4, 0.5) is 4.79 Å². The van der Waals surface area contributed by atoms with E-state index in [1.807, 2.05) is 56.3 Å². The summed E-state index contributed by atoms with van der Waals surface area (Å²) in [4.78, 5) is 13.9. The van der Waals surface area contributed by atoms with Gasteiger partial charge in [-0.05, 0) is 30.0 Å². The van der Waals surface area contributed by atoms with Crippen LogP contribution in [0, 0.1) is 18.3 Å². The lowest BCUT2D eigenvalue weighted by atomic mass is 9.73. The van der Waals surface area contributed by atoms with Crippen LogP contribution in [0.2, 0.25) is 0 Å². The van der Waals surface area contributed by atoms with Gasteiger partial charge in [0.25, 0.3) is 0 Å². The molecule has 0 bridgehead atoms. The Kier molecular flexibility index (Phi) is 5.78. The van der Waals surface area contributed by atoms with Crippen LogP contribution in [0.3, 0.4) is 0 Å². The van der Waals surface area contributed by atoms with Crippen molar-refractivity contribution in [2.45, 2.75) is 38.3 Å². The molecule has 2 aromatic carbocycles. The maximum Gasteiger partial charge on any atom is 0.318 e. The summed E-state index contributed by atoms with van der Waals surface area (Å²) in [7, 11) is 0. The number of nitriles is 1. The van der Waals surface area contributed by atoms with Crippen molar-refractivity contribution in [3.8, 4) is 17.2 Å². The first-order valence-electron chi connectivity index (χ1n) is 9.35. The van der Waals surface area contributed by atoms with E-state index >= 15 is 0 Å². The third-order valence-electron chi connectivity index (χ3n) is 5.14. The van der Waals surface area contributed by atoms with E-state index in [4.69, 9.17) is 0 Å². The Morgan fingerprint density at radius 1 is 1.26 bits per heavy atom. The molecular weight excluding hydrogens is 338 g/mol. The normalized spacial score (nSPS) is 21.3. The molecule has 3 atom stereocenters. The molecule has 0 aliphatic carbocycles. The first kappa shape index (κ1) is 18.9. The minimum atomic E-state index is -0.593. The fraction of sp³-hybridized carbons (Fsp3) is 0.364. The Morgan fingerprint density at radius 3 is 2.70 bits per heavy atom. The molecule has 2 aromatic rings. The average Bonchev–Trinajstić information content (AvgIpc) is 2.66. The average molecular weight is 363 g/mol. The van der Waals surface area contributed by atoms with Crippen LogP contribution in [0.25, 0.3) is 11.1 Å². The molecule has 27 heavy (non-hydrogen) atoms. The van der Waals surface area contributed by atoms with E-state index in [-0.39, 0.29) is 18.6 Å². The van der Waals surface area contributed by atoms with Crippen molar-refractivity contribution in [3.05, 3.63) is 59.7 Å². The van der Waals surface area contributed by atoms with Crippen molar-refractivity contribution < 1.29 is 9.90 Å². The predicted molar refractivity (Wildman–Crippen MR) is 105 cm³/mol. The van der Waals surface area contributed by atoms with E-state index in [1.165, 1.54) is 4.90 Å². The third kappa shape index (κ3) is 3.54. The van der Waals surface area contributed by atoms with Gasteiger partial charge < -0.3 is 15.3 Å². The number of aliphatic hydroxyl groups excluding tert-OH is 1. The van der Waals surface area contributed by atoms with Crippen molar-refractivity contribution >= 4 is 6.03 Å². The summed E-state index contributed by atoms with van der Waals surface area (Å²) in [5.41, 5.74) is 4.27. The molecule has 3 rings (SSSR count). The highest BCUT2D eigenvalue weighted by atomic mass is 16.3. The maximum atomic E-state index is 12.5. The van der Waals surface area contributed by atoms with Gasteiger partial charge in [-0.1, -0.05) is 61.0 Å². The first-order valence-corrected chi connectivity index (χ1v) is 9.35. The van der Waals surface area contributed by atoms with Gasteiger partial charge in [-0.15, -0.1) is 0 Å². The lowest BCUT2D eigenvalue weighted by Crippen LogP contribution is -2.67. The number of aryl methyl sites for hydroxylation is 1. The summed E-state index contributed by atoms with van der Waals surface area (Å²) in [6.07, 6.45) is 0.820. The van der Waals surface area contributed by atoms with Crippen LogP contribution in [-0.4, -0.2) is 41.3 Å². The number of rotatable bonds is 5. The number of benzene rings is 2. The molecule has 0 aromatic heterocycles. The molecule has 5 heteroatoms. The van der Waals surface area contributed by atoms with Crippen LogP contribution < -0.4 is 5.32 Å². The molecule has 0 radical (unpaired) electrons. The largest absolute Gasteiger partial charge is 0.394 e. The SMILES string of the molecule is CCCNC(=O)N1[C@H](C#N)[C@@H](c2ccccc2-c2cccc(C)c2)[C@@H]1CO. The van der Waals surface area contributed by atoms with Gasteiger partial charge in [0.15, 0.2) is 0 Å². The molecule has 140 valence electrons. The summed E-state index contributed by atoms with van der Waals surface area (Å²) in [6, 6.07) is 17.1. The van der Waals surface area contributed by atoms with Gasteiger partial charge in [0, 0.05) is 12.5 Å². The zero-order valence-corrected chi connectivity index (χ0v) is 15.7. The monoisotopic (exact) mass is 363 g/mol. The Hall–Kier alpha value is -2.84. The van der Waals surface area contributed by atoms with Gasteiger partial charge >= 0.3 is 6.03 Å². The van der Waals surface area contributed by atoms with Crippen LogP contribution in [0.5, 0.6) is 0 Å². The van der Waals surface area contributed by atoms with Crippen molar-refractivity contribution in [1.82, 2.24) is 10.2 Å². The standard InChI is InChI=1S/C22H25N3O2/c1-3-11-24-22(27)25-19(13-23)21(20(25)14-26)18-10-5-4-9-17(18)16-8-6-7-15(2)12-16/h4-10,12,19-21,26H,3,11,14H2,1-2H3,(H,24,27)/t19-,20+,21-/m1/s1. The molecule has 1 aliphatic heterocycles. The predicted octanol–water partition coefficient (Wildman–Crippen LogP) is 3.43. The summed E-state index contributed by atoms with van der Waals surface area (Å²) < 4.78 is 0. The van der Waals surface area contributed by atoms with Gasteiger partial charge in [-0.3, -0.25) is 0 Å². The smallest absolute Gasteiger partial charge is 0.318 e. The zero-order chi connectivity index (χ0) is 19.4. The summed E-state index contributed by atoms with van der Waals surface area (Å²) in [5, 5.41) is 22.5. The molecule has 5 nitrogen and oxygen atoms in total. The second-order valence-electron chi connectivity index (χ2n) is 6.95. The maximum absolute atomic E-state index is 12.5. The second kappa shape index (κ2) is 8.24. The van der Waals surface area contributed by atoms with Gasteiger partial charge in [0.05, 0.1) is 18.7 Å². The van der Waals surface area contributed by atoms with E-state index in [1.54, 1.807) is 0 Å². The molecule has 2 amide bonds. The Labute approximate surface area is 160 Å². The number of hydrogen-bond acceptors (Lipinski definition) is 3. The number of likely N-dealkylation sites (tertiary alicyclic amines) is 1. The summed E-state index contributed by atoms with van der Waals surface area (Å²) in [5.74, 6) is -0.218. The van der Waals surface area contributed by atoms with E-state index in [2.05, 4.69) is 17.5 Å². The fourth-order valence-corrected chi connectivity index (χ4v) is 3.85. The molecule has 1 fully saturated rings. The van der Waals surface area contributed by atoms with Crippen LogP contribution in [0.1, 0.15) is 30.4 Å². The van der Waals surface area contributed by atoms with Gasteiger partial charge in [-0.2, -0.15) is 5.26 Å². The minimum absolute atomic E-state index is 0.176. The van der Waals surface area contributed by atoms with Crippen molar-refractivity contribution in [2.24, 2.45) is 0 Å². The number of aliphatic hydroxyl groups is 1. The lowest BCUT2D eigenvalue weighted by molar-refractivity contribution is 0.0171. The first-order chi connectivity index (χ1) is 13.1. The fourth-order valence-electron chi connectivity index (χ4n) is 3.85. The van der Waals surface area contributed by atoms with Crippen LogP contribution in [0.15, 0.2) is 48.5 Å². The number of carbonyl (C=O) groups excluding carboxylic acids is 1. The minimum Gasteiger partial charge on any atom is -0.394 e. The highest BCUT2D eigenvalue weighted by molar-refractivity contribution is 5.78. The van der Waals surface area contributed by atoms with E-state index < -0.39 is 12.1 Å².